The van der Waals surface area contributed by atoms with E-state index < -0.39 is 6.10 Å². The molecule has 1 fully saturated rings. The Morgan fingerprint density at radius 2 is 2.35 bits per heavy atom. The molecule has 0 aromatic carbocycles. The summed E-state index contributed by atoms with van der Waals surface area (Å²) in [6, 6.07) is 0. The van der Waals surface area contributed by atoms with Gasteiger partial charge in [-0.2, -0.15) is 10.1 Å². The first kappa shape index (κ1) is 13.0. The smallest absolute Gasteiger partial charge is 0.257 e. The summed E-state index contributed by atoms with van der Waals surface area (Å²) in [6.45, 7) is 3.03. The van der Waals surface area contributed by atoms with Crippen LogP contribution in [0.4, 0.5) is 0 Å². The van der Waals surface area contributed by atoms with Crippen molar-refractivity contribution >= 4 is 11.7 Å². The number of likely N-dealkylation sites (tertiary alicyclic amines) is 1. The number of rotatable bonds is 2. The highest BCUT2D eigenvalue weighted by molar-refractivity contribution is 5.95. The van der Waals surface area contributed by atoms with Crippen molar-refractivity contribution in [1.82, 2.24) is 24.5 Å². The summed E-state index contributed by atoms with van der Waals surface area (Å²) in [6.07, 6.45) is 4.81. The Hall–Kier alpha value is -2.02. The summed E-state index contributed by atoms with van der Waals surface area (Å²) < 4.78 is 1.60. The molecular formula is C13H17N5O2. The van der Waals surface area contributed by atoms with Crippen LogP contribution in [-0.2, 0) is 6.42 Å². The molecule has 0 spiro atoms. The number of nitrogens with zero attached hydrogens (tertiary/aromatic N) is 5. The van der Waals surface area contributed by atoms with Crippen molar-refractivity contribution in [3.8, 4) is 0 Å². The van der Waals surface area contributed by atoms with Crippen LogP contribution in [-0.4, -0.2) is 54.7 Å². The molecule has 1 N–H and O–H groups in total. The van der Waals surface area contributed by atoms with E-state index in [0.29, 0.717) is 30.9 Å². The number of aromatic nitrogens is 4. The molecular weight excluding hydrogens is 258 g/mol. The number of carbonyl (C=O) groups is 1. The first-order valence-corrected chi connectivity index (χ1v) is 6.85. The normalized spacial score (nSPS) is 19.5. The first-order valence-electron chi connectivity index (χ1n) is 6.85. The molecule has 2 aromatic heterocycles. The summed E-state index contributed by atoms with van der Waals surface area (Å²) in [4.78, 5) is 22.5. The van der Waals surface area contributed by atoms with Gasteiger partial charge in [-0.25, -0.2) is 9.50 Å². The lowest BCUT2D eigenvalue weighted by molar-refractivity contribution is 0.0472. The van der Waals surface area contributed by atoms with E-state index in [1.807, 2.05) is 6.92 Å². The monoisotopic (exact) mass is 275 g/mol. The van der Waals surface area contributed by atoms with Crippen molar-refractivity contribution in [2.45, 2.75) is 32.3 Å². The fraction of sp³-hybridized carbons (Fsp3) is 0.538. The van der Waals surface area contributed by atoms with Crippen LogP contribution in [0.5, 0.6) is 0 Å². The van der Waals surface area contributed by atoms with Gasteiger partial charge in [0, 0.05) is 19.3 Å². The number of aliphatic hydroxyl groups is 1. The van der Waals surface area contributed by atoms with E-state index in [2.05, 4.69) is 15.1 Å². The van der Waals surface area contributed by atoms with E-state index in [4.69, 9.17) is 0 Å². The van der Waals surface area contributed by atoms with Crippen LogP contribution >= 0.6 is 0 Å². The summed E-state index contributed by atoms with van der Waals surface area (Å²) >= 11 is 0. The molecule has 3 rings (SSSR count). The molecule has 1 amide bonds. The van der Waals surface area contributed by atoms with E-state index in [1.165, 1.54) is 6.33 Å². The second-order valence-electron chi connectivity index (χ2n) is 4.99. The van der Waals surface area contributed by atoms with Crippen molar-refractivity contribution < 1.29 is 9.90 Å². The van der Waals surface area contributed by atoms with E-state index >= 15 is 0 Å². The van der Waals surface area contributed by atoms with Crippen molar-refractivity contribution in [3.63, 3.8) is 0 Å². The standard InChI is InChI=1S/C13H17N5O2/c1-2-11-10(6-14-13-15-8-16-18(11)13)12(20)17-5-3-4-9(19)7-17/h6,8-9,19H,2-5,7H2,1H3/t9-/m0/s1. The highest BCUT2D eigenvalue weighted by Crippen LogP contribution is 2.17. The van der Waals surface area contributed by atoms with Gasteiger partial charge in [0.25, 0.3) is 11.7 Å². The molecule has 20 heavy (non-hydrogen) atoms. The van der Waals surface area contributed by atoms with E-state index in [0.717, 1.165) is 18.5 Å². The first-order chi connectivity index (χ1) is 9.70. The number of amides is 1. The van der Waals surface area contributed by atoms with Gasteiger partial charge in [0.1, 0.15) is 6.33 Å². The van der Waals surface area contributed by atoms with Gasteiger partial charge in [-0.15, -0.1) is 0 Å². The lowest BCUT2D eigenvalue weighted by Gasteiger charge is -2.30. The Bertz CT molecular complexity index is 639. The zero-order valence-corrected chi connectivity index (χ0v) is 11.4. The number of fused-ring (bicyclic) bond motifs is 1. The van der Waals surface area contributed by atoms with Gasteiger partial charge >= 0.3 is 0 Å². The van der Waals surface area contributed by atoms with Crippen LogP contribution in [0.25, 0.3) is 5.78 Å². The minimum Gasteiger partial charge on any atom is -0.391 e. The highest BCUT2D eigenvalue weighted by Gasteiger charge is 2.25. The Balaban J connectivity index is 1.98. The Morgan fingerprint density at radius 1 is 1.50 bits per heavy atom. The topological polar surface area (TPSA) is 83.6 Å². The summed E-state index contributed by atoms with van der Waals surface area (Å²) in [5.41, 5.74) is 1.34. The summed E-state index contributed by atoms with van der Waals surface area (Å²) in [5, 5.41) is 13.8. The molecule has 2 aromatic rings. The lowest BCUT2D eigenvalue weighted by atomic mass is 10.1. The molecule has 1 aliphatic rings. The molecule has 0 saturated carbocycles. The van der Waals surface area contributed by atoms with Crippen LogP contribution in [0.2, 0.25) is 0 Å². The average molecular weight is 275 g/mol. The SMILES string of the molecule is CCc1c(C(=O)N2CCC[C@H](O)C2)cnc2ncnn12. The van der Waals surface area contributed by atoms with Crippen molar-refractivity contribution in [1.29, 1.82) is 0 Å². The highest BCUT2D eigenvalue weighted by atomic mass is 16.3. The quantitative estimate of drug-likeness (QED) is 0.851. The fourth-order valence-corrected chi connectivity index (χ4v) is 2.65. The molecule has 0 aliphatic carbocycles. The van der Waals surface area contributed by atoms with Crippen molar-refractivity contribution in [3.05, 3.63) is 23.8 Å². The number of β-amino-alcohol motifs (C(OH)–C–C–N with tert-alkyl or cyclic N) is 1. The Morgan fingerprint density at radius 3 is 3.10 bits per heavy atom. The van der Waals surface area contributed by atoms with Crippen LogP contribution in [0.3, 0.4) is 0 Å². The summed E-state index contributed by atoms with van der Waals surface area (Å²) in [5.74, 6) is 0.405. The summed E-state index contributed by atoms with van der Waals surface area (Å²) in [7, 11) is 0. The number of hydrogen-bond acceptors (Lipinski definition) is 5. The van der Waals surface area contributed by atoms with Crippen LogP contribution < -0.4 is 0 Å². The number of aliphatic hydroxyl groups excluding tert-OH is 1. The third-order valence-electron chi connectivity index (χ3n) is 3.65. The lowest BCUT2D eigenvalue weighted by Crippen LogP contribution is -2.42. The van der Waals surface area contributed by atoms with E-state index in [9.17, 15) is 9.90 Å². The minimum atomic E-state index is -0.430. The Kier molecular flexibility index (Phi) is 3.35. The predicted octanol–water partition coefficient (Wildman–Crippen LogP) is 0.284. The number of hydrogen-bond donors (Lipinski definition) is 1. The van der Waals surface area contributed by atoms with Gasteiger partial charge in [0.2, 0.25) is 0 Å². The molecule has 0 unspecified atom stereocenters. The second kappa shape index (κ2) is 5.16. The molecule has 1 saturated heterocycles. The fourth-order valence-electron chi connectivity index (χ4n) is 2.65. The average Bonchev–Trinajstić information content (AvgIpc) is 2.93. The molecule has 0 radical (unpaired) electrons. The molecule has 3 heterocycles. The zero-order valence-electron chi connectivity index (χ0n) is 11.4. The van der Waals surface area contributed by atoms with Gasteiger partial charge in [-0.1, -0.05) is 6.92 Å². The maximum absolute atomic E-state index is 12.6. The van der Waals surface area contributed by atoms with E-state index in [-0.39, 0.29) is 5.91 Å². The van der Waals surface area contributed by atoms with Gasteiger partial charge in [0.05, 0.1) is 17.4 Å². The van der Waals surface area contributed by atoms with Gasteiger partial charge in [-0.3, -0.25) is 4.79 Å². The van der Waals surface area contributed by atoms with E-state index in [1.54, 1.807) is 15.6 Å². The van der Waals surface area contributed by atoms with Gasteiger partial charge in [0.15, 0.2) is 0 Å². The number of aryl methyl sites for hydroxylation is 1. The number of carbonyl (C=O) groups excluding carboxylic acids is 1. The molecule has 1 atom stereocenters. The third kappa shape index (κ3) is 2.14. The van der Waals surface area contributed by atoms with Crippen LogP contribution in [0.1, 0.15) is 35.8 Å². The van der Waals surface area contributed by atoms with Crippen molar-refractivity contribution in [2.75, 3.05) is 13.1 Å². The second-order valence-corrected chi connectivity index (χ2v) is 4.99. The van der Waals surface area contributed by atoms with Crippen LogP contribution in [0, 0.1) is 0 Å². The minimum absolute atomic E-state index is 0.0921. The predicted molar refractivity (Wildman–Crippen MR) is 71.3 cm³/mol. The molecule has 1 aliphatic heterocycles. The third-order valence-corrected chi connectivity index (χ3v) is 3.65. The number of piperidine rings is 1. The van der Waals surface area contributed by atoms with Crippen LogP contribution in [0.15, 0.2) is 12.5 Å². The van der Waals surface area contributed by atoms with Gasteiger partial charge in [-0.05, 0) is 19.3 Å². The van der Waals surface area contributed by atoms with Gasteiger partial charge < -0.3 is 10.0 Å². The maximum Gasteiger partial charge on any atom is 0.257 e. The largest absolute Gasteiger partial charge is 0.391 e. The molecule has 0 bridgehead atoms. The molecule has 106 valence electrons. The maximum atomic E-state index is 12.6. The molecule has 7 heteroatoms. The Labute approximate surface area is 116 Å². The van der Waals surface area contributed by atoms with Crippen molar-refractivity contribution in [2.24, 2.45) is 0 Å². The zero-order chi connectivity index (χ0) is 14.1. The molecule has 7 nitrogen and oxygen atoms in total.